The Labute approximate surface area is 133 Å². The minimum absolute atomic E-state index is 0.916. The second-order valence-corrected chi connectivity index (χ2v) is 13.8. The van der Waals surface area contributed by atoms with E-state index in [1.54, 1.807) is 14.2 Å². The molecule has 2 rings (SSSR count). The molecule has 0 fully saturated rings. The van der Waals surface area contributed by atoms with Crippen molar-refractivity contribution >= 4 is 30.3 Å². The second kappa shape index (κ2) is 7.88. The summed E-state index contributed by atoms with van der Waals surface area (Å²) in [5.41, 5.74) is 2.75. The standard InChI is InChI=1S/C16H18BrIO2/c1-19-15-7-3-13(4-8-15)11-18(17)12-14-5-9-16(20-2)10-6-14/h3-10H,11-12H2,1-2H3. The molecule has 0 aliphatic rings. The van der Waals surface area contributed by atoms with Crippen LogP contribution in [0.2, 0.25) is 0 Å². The Kier molecular flexibility index (Phi) is 6.16. The van der Waals surface area contributed by atoms with E-state index in [-0.39, 0.29) is 0 Å². The summed E-state index contributed by atoms with van der Waals surface area (Å²) in [5.74, 6) is 1.83. The molecule has 0 saturated heterocycles. The molecule has 0 heterocycles. The molecule has 2 aromatic rings. The molecular weight excluding hydrogens is 431 g/mol. The van der Waals surface area contributed by atoms with E-state index in [4.69, 9.17) is 9.47 Å². The number of ether oxygens (including phenoxy) is 2. The molecule has 20 heavy (non-hydrogen) atoms. The van der Waals surface area contributed by atoms with Gasteiger partial charge in [0.2, 0.25) is 0 Å². The molecule has 2 aromatic carbocycles. The van der Waals surface area contributed by atoms with Crippen LogP contribution in [0.25, 0.3) is 0 Å². The van der Waals surface area contributed by atoms with Gasteiger partial charge in [-0.2, -0.15) is 0 Å². The van der Waals surface area contributed by atoms with E-state index in [0.717, 1.165) is 20.4 Å². The van der Waals surface area contributed by atoms with Gasteiger partial charge in [-0.25, -0.2) is 0 Å². The monoisotopic (exact) mass is 448 g/mol. The molecule has 0 atom stereocenters. The van der Waals surface area contributed by atoms with Crippen molar-refractivity contribution in [3.8, 4) is 11.5 Å². The first-order valence-corrected chi connectivity index (χ1v) is 14.1. The van der Waals surface area contributed by atoms with Gasteiger partial charge < -0.3 is 0 Å². The maximum atomic E-state index is 5.18. The van der Waals surface area contributed by atoms with Gasteiger partial charge in [0, 0.05) is 0 Å². The van der Waals surface area contributed by atoms with Crippen LogP contribution in [0.3, 0.4) is 0 Å². The molecule has 0 N–H and O–H groups in total. The van der Waals surface area contributed by atoms with Crippen LogP contribution in [0.5, 0.6) is 11.5 Å². The van der Waals surface area contributed by atoms with Gasteiger partial charge in [0.1, 0.15) is 0 Å². The summed E-state index contributed by atoms with van der Waals surface area (Å²) in [6.07, 6.45) is 0. The molecule has 0 aliphatic carbocycles. The van der Waals surface area contributed by atoms with Crippen molar-refractivity contribution in [2.75, 3.05) is 14.2 Å². The summed E-state index contributed by atoms with van der Waals surface area (Å²) >= 11 is 2.76. The van der Waals surface area contributed by atoms with E-state index in [2.05, 4.69) is 37.0 Å². The van der Waals surface area contributed by atoms with Crippen molar-refractivity contribution in [2.45, 2.75) is 8.86 Å². The Morgan fingerprint density at radius 2 is 1.10 bits per heavy atom. The van der Waals surface area contributed by atoms with Gasteiger partial charge in [-0.3, -0.25) is 0 Å². The van der Waals surface area contributed by atoms with Crippen molar-refractivity contribution in [1.29, 1.82) is 0 Å². The zero-order valence-electron chi connectivity index (χ0n) is 11.6. The fourth-order valence-electron chi connectivity index (χ4n) is 1.81. The predicted octanol–water partition coefficient (Wildman–Crippen LogP) is 5.22. The van der Waals surface area contributed by atoms with Crippen LogP contribution >= 0.6 is 30.3 Å². The summed E-state index contributed by atoms with van der Waals surface area (Å²) < 4.78 is 12.7. The van der Waals surface area contributed by atoms with E-state index in [9.17, 15) is 0 Å². The predicted molar refractivity (Wildman–Crippen MR) is 96.3 cm³/mol. The molecule has 0 spiro atoms. The zero-order chi connectivity index (χ0) is 14.4. The van der Waals surface area contributed by atoms with Crippen molar-refractivity contribution in [1.82, 2.24) is 0 Å². The molecule has 108 valence electrons. The van der Waals surface area contributed by atoms with Crippen LogP contribution in [0.15, 0.2) is 48.5 Å². The Balaban J connectivity index is 1.91. The molecule has 0 saturated carbocycles. The average molecular weight is 449 g/mol. The molecule has 0 amide bonds. The fourth-order valence-corrected chi connectivity index (χ4v) is 8.29. The number of rotatable bonds is 6. The third-order valence-electron chi connectivity index (χ3n) is 2.92. The number of methoxy groups -OCH3 is 2. The number of hydrogen-bond donors (Lipinski definition) is 0. The van der Waals surface area contributed by atoms with Crippen LogP contribution in [0.1, 0.15) is 11.1 Å². The summed E-state index contributed by atoms with van der Waals surface area (Å²) in [4.78, 5) is 0. The van der Waals surface area contributed by atoms with Gasteiger partial charge in [-0.15, -0.1) is 0 Å². The second-order valence-electron chi connectivity index (χ2n) is 4.35. The Morgan fingerprint density at radius 3 is 1.40 bits per heavy atom. The number of alkyl halides is 2. The van der Waals surface area contributed by atoms with Gasteiger partial charge in [0.25, 0.3) is 0 Å². The van der Waals surface area contributed by atoms with E-state index in [1.807, 2.05) is 24.3 Å². The van der Waals surface area contributed by atoms with Crippen LogP contribution < -0.4 is 9.47 Å². The van der Waals surface area contributed by atoms with E-state index >= 15 is 0 Å². The average Bonchev–Trinajstić information content (AvgIpc) is 2.49. The first kappa shape index (κ1) is 15.6. The molecule has 2 nitrogen and oxygen atoms in total. The molecule has 0 radical (unpaired) electrons. The number of benzene rings is 2. The van der Waals surface area contributed by atoms with Gasteiger partial charge in [-0.05, 0) is 0 Å². The quantitative estimate of drug-likeness (QED) is 0.445. The van der Waals surface area contributed by atoms with Gasteiger partial charge >= 0.3 is 134 Å². The first-order chi connectivity index (χ1) is 9.71. The molecule has 0 unspecified atom stereocenters. The topological polar surface area (TPSA) is 18.5 Å². The summed E-state index contributed by atoms with van der Waals surface area (Å²) in [6.45, 7) is 0. The number of halogens is 2. The summed E-state index contributed by atoms with van der Waals surface area (Å²) in [5, 5.41) is 0. The maximum absolute atomic E-state index is 5.18. The van der Waals surface area contributed by atoms with Gasteiger partial charge in [0.05, 0.1) is 0 Å². The van der Waals surface area contributed by atoms with Crippen LogP contribution in [0.4, 0.5) is 0 Å². The molecule has 0 aromatic heterocycles. The van der Waals surface area contributed by atoms with Gasteiger partial charge in [0.15, 0.2) is 0 Å². The first-order valence-electron chi connectivity index (χ1n) is 6.25. The SMILES string of the molecule is COc1ccc(CI(Br)Cc2ccc(OC)cc2)cc1. The molecular formula is C16H18BrIO2. The van der Waals surface area contributed by atoms with Crippen LogP contribution in [-0.4, -0.2) is 14.2 Å². The Hall–Kier alpha value is -0.750. The fraction of sp³-hybridized carbons (Fsp3) is 0.250. The molecule has 4 heteroatoms. The van der Waals surface area contributed by atoms with Crippen molar-refractivity contribution in [2.24, 2.45) is 0 Å². The van der Waals surface area contributed by atoms with E-state index < -0.39 is 17.6 Å². The van der Waals surface area contributed by atoms with Gasteiger partial charge in [-0.1, -0.05) is 0 Å². The third kappa shape index (κ3) is 4.66. The van der Waals surface area contributed by atoms with Crippen molar-refractivity contribution in [3.05, 3.63) is 59.7 Å². The zero-order valence-corrected chi connectivity index (χ0v) is 15.3. The van der Waals surface area contributed by atoms with Crippen LogP contribution in [0, 0.1) is 0 Å². The van der Waals surface area contributed by atoms with Crippen LogP contribution in [-0.2, 0) is 8.86 Å². The Morgan fingerprint density at radius 1 is 0.750 bits per heavy atom. The number of hydrogen-bond acceptors (Lipinski definition) is 2. The molecule has 0 bridgehead atoms. The van der Waals surface area contributed by atoms with E-state index in [0.29, 0.717) is 0 Å². The van der Waals surface area contributed by atoms with Crippen molar-refractivity contribution < 1.29 is 9.47 Å². The summed E-state index contributed by atoms with van der Waals surface area (Å²) in [6, 6.07) is 16.7. The minimum atomic E-state index is -1.15. The summed E-state index contributed by atoms with van der Waals surface area (Å²) in [7, 11) is 3.39. The normalized spacial score (nSPS) is 11.1. The van der Waals surface area contributed by atoms with E-state index in [1.165, 1.54) is 11.1 Å². The van der Waals surface area contributed by atoms with Crippen molar-refractivity contribution in [3.63, 3.8) is 0 Å². The third-order valence-corrected chi connectivity index (χ3v) is 9.18. The molecule has 0 aliphatic heterocycles. The Bertz CT molecular complexity index is 476.